The predicted molar refractivity (Wildman–Crippen MR) is 70.6 cm³/mol. The molecule has 0 aromatic heterocycles. The summed E-state index contributed by atoms with van der Waals surface area (Å²) < 4.78 is 0. The van der Waals surface area contributed by atoms with E-state index in [1.807, 2.05) is 0 Å². The summed E-state index contributed by atoms with van der Waals surface area (Å²) in [5, 5.41) is 3.69. The maximum Gasteiger partial charge on any atom is 0.0318 e. The van der Waals surface area contributed by atoms with Gasteiger partial charge in [0.15, 0.2) is 0 Å². The highest BCUT2D eigenvalue weighted by molar-refractivity contribution is 4.93. The highest BCUT2D eigenvalue weighted by Gasteiger charge is 2.31. The topological polar surface area (TPSA) is 41.3 Å². The summed E-state index contributed by atoms with van der Waals surface area (Å²) >= 11 is 0. The summed E-state index contributed by atoms with van der Waals surface area (Å²) in [6.45, 7) is 12.1. The van der Waals surface area contributed by atoms with E-state index in [9.17, 15) is 0 Å². The lowest BCUT2D eigenvalue weighted by Gasteiger charge is -2.35. The van der Waals surface area contributed by atoms with Crippen LogP contribution >= 0.6 is 0 Å². The van der Waals surface area contributed by atoms with Gasteiger partial charge >= 0.3 is 0 Å². The Morgan fingerprint density at radius 1 is 1.19 bits per heavy atom. The molecule has 0 aromatic carbocycles. The zero-order chi connectivity index (χ0) is 12.2. The molecule has 0 spiro atoms. The highest BCUT2D eigenvalue weighted by Crippen LogP contribution is 2.23. The van der Waals surface area contributed by atoms with Gasteiger partial charge in [-0.3, -0.25) is 0 Å². The molecule has 0 radical (unpaired) electrons. The van der Waals surface area contributed by atoms with Crippen molar-refractivity contribution in [2.24, 2.45) is 5.73 Å². The molecule has 0 amide bonds. The normalized spacial score (nSPS) is 28.7. The molecule has 0 saturated carbocycles. The van der Waals surface area contributed by atoms with Crippen molar-refractivity contribution in [2.45, 2.75) is 64.6 Å². The number of nitrogens with zero attached hydrogens (tertiary/aromatic N) is 1. The Balaban J connectivity index is 2.60. The molecule has 1 heterocycles. The molecule has 96 valence electrons. The fourth-order valence-corrected chi connectivity index (χ4v) is 2.75. The number of nitrogens with two attached hydrogens (primary N) is 1. The fraction of sp³-hybridized carbons (Fsp3) is 1.00. The second-order valence-corrected chi connectivity index (χ2v) is 5.77. The third-order valence-electron chi connectivity index (χ3n) is 3.69. The van der Waals surface area contributed by atoms with Crippen LogP contribution < -0.4 is 11.1 Å². The van der Waals surface area contributed by atoms with Gasteiger partial charge in [0.05, 0.1) is 0 Å². The van der Waals surface area contributed by atoms with Gasteiger partial charge in [-0.05, 0) is 39.7 Å². The zero-order valence-electron chi connectivity index (χ0n) is 11.4. The third-order valence-corrected chi connectivity index (χ3v) is 3.69. The maximum absolute atomic E-state index is 6.00. The molecule has 0 aliphatic carbocycles. The second-order valence-electron chi connectivity index (χ2n) is 5.77. The van der Waals surface area contributed by atoms with E-state index in [0.717, 1.165) is 6.54 Å². The third kappa shape index (κ3) is 3.72. The molecule has 1 unspecified atom stereocenters. The van der Waals surface area contributed by atoms with Crippen molar-refractivity contribution in [1.29, 1.82) is 0 Å². The van der Waals surface area contributed by atoms with E-state index in [-0.39, 0.29) is 5.54 Å². The zero-order valence-corrected chi connectivity index (χ0v) is 11.4. The molecule has 1 fully saturated rings. The summed E-state index contributed by atoms with van der Waals surface area (Å²) in [6, 6.07) is 1.18. The molecule has 1 aliphatic heterocycles. The molecular formula is C13H29N3. The Morgan fingerprint density at radius 2 is 1.88 bits per heavy atom. The molecular weight excluding hydrogens is 198 g/mol. The van der Waals surface area contributed by atoms with E-state index in [0.29, 0.717) is 12.1 Å². The van der Waals surface area contributed by atoms with Gasteiger partial charge in [-0.2, -0.15) is 0 Å². The fourth-order valence-electron chi connectivity index (χ4n) is 2.75. The first-order valence-electron chi connectivity index (χ1n) is 6.71. The van der Waals surface area contributed by atoms with Crippen molar-refractivity contribution >= 4 is 0 Å². The van der Waals surface area contributed by atoms with Gasteiger partial charge in [0.2, 0.25) is 0 Å². The van der Waals surface area contributed by atoms with E-state index in [1.165, 1.54) is 32.4 Å². The van der Waals surface area contributed by atoms with Gasteiger partial charge in [-0.1, -0.05) is 13.8 Å². The maximum atomic E-state index is 6.00. The van der Waals surface area contributed by atoms with Crippen molar-refractivity contribution < 1.29 is 0 Å². The van der Waals surface area contributed by atoms with Gasteiger partial charge < -0.3 is 16.0 Å². The molecule has 3 heteroatoms. The smallest absolute Gasteiger partial charge is 0.0318 e. The van der Waals surface area contributed by atoms with Crippen molar-refractivity contribution in [3.63, 3.8) is 0 Å². The van der Waals surface area contributed by atoms with Crippen molar-refractivity contribution in [1.82, 2.24) is 10.2 Å². The van der Waals surface area contributed by atoms with Crippen LogP contribution in [0, 0.1) is 0 Å². The standard InChI is InChI=1S/C13H29N3/c1-11(2)15-13(10-14)6-5-8-16(9-7-13)12(3)4/h11-12,15H,5-10,14H2,1-4H3. The number of rotatable bonds is 4. The molecule has 3 N–H and O–H groups in total. The van der Waals surface area contributed by atoms with E-state index in [4.69, 9.17) is 5.73 Å². The molecule has 3 nitrogen and oxygen atoms in total. The molecule has 1 aliphatic rings. The Hall–Kier alpha value is -0.120. The summed E-state index contributed by atoms with van der Waals surface area (Å²) in [4.78, 5) is 2.57. The van der Waals surface area contributed by atoms with E-state index < -0.39 is 0 Å². The summed E-state index contributed by atoms with van der Waals surface area (Å²) in [7, 11) is 0. The monoisotopic (exact) mass is 227 g/mol. The summed E-state index contributed by atoms with van der Waals surface area (Å²) in [6.07, 6.45) is 3.65. The lowest BCUT2D eigenvalue weighted by Crippen LogP contribution is -2.54. The van der Waals surface area contributed by atoms with Gasteiger partial charge in [0.25, 0.3) is 0 Å². The second kappa shape index (κ2) is 5.99. The van der Waals surface area contributed by atoms with Crippen LogP contribution in [0.3, 0.4) is 0 Å². The molecule has 1 rings (SSSR count). The van der Waals surface area contributed by atoms with Crippen LogP contribution in [0.15, 0.2) is 0 Å². The largest absolute Gasteiger partial charge is 0.329 e. The van der Waals surface area contributed by atoms with Crippen LogP contribution in [-0.2, 0) is 0 Å². The van der Waals surface area contributed by atoms with E-state index >= 15 is 0 Å². The Morgan fingerprint density at radius 3 is 2.38 bits per heavy atom. The first kappa shape index (κ1) is 13.9. The summed E-state index contributed by atoms with van der Waals surface area (Å²) in [5.41, 5.74) is 6.17. The van der Waals surface area contributed by atoms with Gasteiger partial charge in [-0.15, -0.1) is 0 Å². The molecule has 16 heavy (non-hydrogen) atoms. The Labute approximate surface area is 101 Å². The first-order valence-corrected chi connectivity index (χ1v) is 6.71. The van der Waals surface area contributed by atoms with Crippen LogP contribution in [-0.4, -0.2) is 42.2 Å². The number of hydrogen-bond donors (Lipinski definition) is 2. The minimum atomic E-state index is 0.178. The van der Waals surface area contributed by atoms with Crippen molar-refractivity contribution in [3.05, 3.63) is 0 Å². The summed E-state index contributed by atoms with van der Waals surface area (Å²) in [5.74, 6) is 0. The van der Waals surface area contributed by atoms with Gasteiger partial charge in [0.1, 0.15) is 0 Å². The van der Waals surface area contributed by atoms with Crippen LogP contribution in [0.1, 0.15) is 47.0 Å². The number of hydrogen-bond acceptors (Lipinski definition) is 3. The predicted octanol–water partition coefficient (Wildman–Crippen LogP) is 1.58. The number of likely N-dealkylation sites (tertiary alicyclic amines) is 1. The molecule has 1 atom stereocenters. The molecule has 0 bridgehead atoms. The van der Waals surface area contributed by atoms with Crippen LogP contribution in [0.4, 0.5) is 0 Å². The SMILES string of the molecule is CC(C)NC1(CN)CCCN(C(C)C)CC1. The quantitative estimate of drug-likeness (QED) is 0.766. The van der Waals surface area contributed by atoms with Crippen LogP contribution in [0.2, 0.25) is 0 Å². The lowest BCUT2D eigenvalue weighted by atomic mass is 9.90. The van der Waals surface area contributed by atoms with Crippen LogP contribution in [0.5, 0.6) is 0 Å². The Kier molecular flexibility index (Phi) is 5.22. The average Bonchev–Trinajstić information content (AvgIpc) is 2.40. The highest BCUT2D eigenvalue weighted by atomic mass is 15.2. The van der Waals surface area contributed by atoms with Gasteiger partial charge in [-0.25, -0.2) is 0 Å². The van der Waals surface area contributed by atoms with Crippen molar-refractivity contribution in [3.8, 4) is 0 Å². The van der Waals surface area contributed by atoms with Gasteiger partial charge in [0, 0.05) is 30.7 Å². The number of nitrogens with one attached hydrogen (secondary N) is 1. The van der Waals surface area contributed by atoms with Crippen molar-refractivity contribution in [2.75, 3.05) is 19.6 Å². The Bertz CT molecular complexity index is 203. The average molecular weight is 227 g/mol. The molecule has 1 saturated heterocycles. The minimum Gasteiger partial charge on any atom is -0.329 e. The van der Waals surface area contributed by atoms with E-state index in [1.54, 1.807) is 0 Å². The lowest BCUT2D eigenvalue weighted by molar-refractivity contribution is 0.215. The molecule has 0 aromatic rings. The first-order chi connectivity index (χ1) is 7.49. The minimum absolute atomic E-state index is 0.178. The van der Waals surface area contributed by atoms with Crippen LogP contribution in [0.25, 0.3) is 0 Å². The van der Waals surface area contributed by atoms with E-state index in [2.05, 4.69) is 37.9 Å².